The number of methoxy groups -OCH3 is 1. The molecule has 0 aliphatic rings. The summed E-state index contributed by atoms with van der Waals surface area (Å²) in [4.78, 5) is 19.8. The van der Waals surface area contributed by atoms with Crippen molar-refractivity contribution < 1.29 is 19.4 Å². The lowest BCUT2D eigenvalue weighted by atomic mass is 10.1. The molecular formula is C13H14N2O4. The first-order chi connectivity index (χ1) is 9.15. The van der Waals surface area contributed by atoms with Gasteiger partial charge in [0.25, 0.3) is 0 Å². The number of hydrogen-bond donors (Lipinski definition) is 1. The van der Waals surface area contributed by atoms with Crippen LogP contribution in [0.5, 0.6) is 5.88 Å². The minimum Gasteiger partial charge on any atom is -0.480 e. The van der Waals surface area contributed by atoms with E-state index in [4.69, 9.17) is 9.47 Å². The Morgan fingerprint density at radius 3 is 2.89 bits per heavy atom. The molecule has 0 bridgehead atoms. The summed E-state index contributed by atoms with van der Waals surface area (Å²) >= 11 is 0. The molecule has 0 spiro atoms. The van der Waals surface area contributed by atoms with Gasteiger partial charge in [-0.1, -0.05) is 6.07 Å². The SMILES string of the molecule is CCOC(=O)C(O)c1ccc2nc(OC)cnc2c1. The highest BCUT2D eigenvalue weighted by Gasteiger charge is 2.19. The van der Waals surface area contributed by atoms with E-state index in [1.54, 1.807) is 25.1 Å². The molecule has 1 atom stereocenters. The van der Waals surface area contributed by atoms with Crippen molar-refractivity contribution in [1.29, 1.82) is 0 Å². The van der Waals surface area contributed by atoms with Crippen LogP contribution < -0.4 is 4.74 Å². The second kappa shape index (κ2) is 5.62. The summed E-state index contributed by atoms with van der Waals surface area (Å²) in [6.07, 6.45) is 0.163. The molecule has 0 fully saturated rings. The van der Waals surface area contributed by atoms with Crippen molar-refractivity contribution in [2.75, 3.05) is 13.7 Å². The van der Waals surface area contributed by atoms with Crippen LogP contribution in [0, 0.1) is 0 Å². The fourth-order valence-electron chi connectivity index (χ4n) is 1.64. The number of benzene rings is 1. The fraction of sp³-hybridized carbons (Fsp3) is 0.308. The summed E-state index contributed by atoms with van der Waals surface area (Å²) in [6, 6.07) is 4.88. The number of rotatable bonds is 4. The van der Waals surface area contributed by atoms with Crippen molar-refractivity contribution in [2.24, 2.45) is 0 Å². The molecule has 6 nitrogen and oxygen atoms in total. The highest BCUT2D eigenvalue weighted by molar-refractivity contribution is 5.80. The number of carbonyl (C=O) groups excluding carboxylic acids is 1. The molecule has 1 unspecified atom stereocenters. The normalized spacial score (nSPS) is 12.2. The molecule has 0 saturated heterocycles. The predicted molar refractivity (Wildman–Crippen MR) is 67.7 cm³/mol. The topological polar surface area (TPSA) is 81.5 Å². The van der Waals surface area contributed by atoms with E-state index < -0.39 is 12.1 Å². The number of aliphatic hydroxyl groups excluding tert-OH is 1. The first-order valence-corrected chi connectivity index (χ1v) is 5.81. The minimum atomic E-state index is -1.31. The molecule has 0 aliphatic carbocycles. The molecule has 1 heterocycles. The molecule has 1 N–H and O–H groups in total. The van der Waals surface area contributed by atoms with Crippen molar-refractivity contribution in [3.05, 3.63) is 30.0 Å². The standard InChI is InChI=1S/C13H14N2O4/c1-3-19-13(17)12(16)8-4-5-9-10(6-8)14-7-11(15-9)18-2/h4-7,12,16H,3H2,1-2H3. The van der Waals surface area contributed by atoms with Gasteiger partial charge in [-0.05, 0) is 24.6 Å². The Balaban J connectivity index is 2.33. The van der Waals surface area contributed by atoms with Gasteiger partial charge >= 0.3 is 5.97 Å². The molecule has 19 heavy (non-hydrogen) atoms. The van der Waals surface area contributed by atoms with Gasteiger partial charge in [0, 0.05) is 0 Å². The van der Waals surface area contributed by atoms with E-state index >= 15 is 0 Å². The van der Waals surface area contributed by atoms with Crippen LogP contribution in [0.1, 0.15) is 18.6 Å². The van der Waals surface area contributed by atoms with Crippen LogP contribution in [0.3, 0.4) is 0 Å². The maximum Gasteiger partial charge on any atom is 0.339 e. The minimum absolute atomic E-state index is 0.223. The van der Waals surface area contributed by atoms with Crippen LogP contribution in [0.25, 0.3) is 11.0 Å². The van der Waals surface area contributed by atoms with Gasteiger partial charge in [-0.15, -0.1) is 0 Å². The third-order valence-corrected chi connectivity index (χ3v) is 2.58. The Morgan fingerprint density at radius 2 is 2.21 bits per heavy atom. The molecule has 2 aromatic rings. The van der Waals surface area contributed by atoms with E-state index in [1.807, 2.05) is 0 Å². The number of esters is 1. The van der Waals surface area contributed by atoms with Gasteiger partial charge < -0.3 is 14.6 Å². The Labute approximate surface area is 110 Å². The van der Waals surface area contributed by atoms with E-state index in [-0.39, 0.29) is 6.61 Å². The molecule has 0 saturated carbocycles. The smallest absolute Gasteiger partial charge is 0.339 e. The Kier molecular flexibility index (Phi) is 3.91. The average Bonchev–Trinajstić information content (AvgIpc) is 2.45. The molecule has 6 heteroatoms. The number of aromatic nitrogens is 2. The molecule has 1 aromatic carbocycles. The van der Waals surface area contributed by atoms with E-state index in [0.29, 0.717) is 22.5 Å². The maximum atomic E-state index is 11.5. The van der Waals surface area contributed by atoms with Crippen LogP contribution in [-0.2, 0) is 9.53 Å². The van der Waals surface area contributed by atoms with Gasteiger partial charge in [-0.2, -0.15) is 0 Å². The summed E-state index contributed by atoms with van der Waals surface area (Å²) < 4.78 is 9.73. The number of aliphatic hydroxyl groups is 1. The average molecular weight is 262 g/mol. The van der Waals surface area contributed by atoms with E-state index in [1.165, 1.54) is 13.3 Å². The highest BCUT2D eigenvalue weighted by atomic mass is 16.5. The zero-order valence-corrected chi connectivity index (χ0v) is 10.7. The molecule has 1 aromatic heterocycles. The summed E-state index contributed by atoms with van der Waals surface area (Å²) in [7, 11) is 1.51. The lowest BCUT2D eigenvalue weighted by Crippen LogP contribution is -2.15. The van der Waals surface area contributed by atoms with E-state index in [0.717, 1.165) is 0 Å². The van der Waals surface area contributed by atoms with Crippen molar-refractivity contribution in [3.63, 3.8) is 0 Å². The van der Waals surface area contributed by atoms with Crippen LogP contribution in [0.4, 0.5) is 0 Å². The van der Waals surface area contributed by atoms with Crippen molar-refractivity contribution in [1.82, 2.24) is 9.97 Å². The van der Waals surface area contributed by atoms with Crippen molar-refractivity contribution >= 4 is 17.0 Å². The van der Waals surface area contributed by atoms with Crippen LogP contribution in [0.2, 0.25) is 0 Å². The first-order valence-electron chi connectivity index (χ1n) is 5.81. The van der Waals surface area contributed by atoms with Gasteiger partial charge in [0.2, 0.25) is 5.88 Å². The number of ether oxygens (including phenoxy) is 2. The first kappa shape index (κ1) is 13.2. The summed E-state index contributed by atoms with van der Waals surface area (Å²) in [5, 5.41) is 9.83. The monoisotopic (exact) mass is 262 g/mol. The summed E-state index contributed by atoms with van der Waals surface area (Å²) in [5.74, 6) is -0.269. The Hall–Kier alpha value is -2.21. The predicted octanol–water partition coefficient (Wildman–Crippen LogP) is 1.23. The largest absolute Gasteiger partial charge is 0.480 e. The van der Waals surface area contributed by atoms with Gasteiger partial charge in [0.05, 0.1) is 30.9 Å². The van der Waals surface area contributed by atoms with Crippen LogP contribution >= 0.6 is 0 Å². The van der Waals surface area contributed by atoms with Gasteiger partial charge in [0.15, 0.2) is 6.10 Å². The quantitative estimate of drug-likeness (QED) is 0.835. The fourth-order valence-corrected chi connectivity index (χ4v) is 1.64. The zero-order valence-electron chi connectivity index (χ0n) is 10.7. The third-order valence-electron chi connectivity index (χ3n) is 2.58. The van der Waals surface area contributed by atoms with E-state index in [2.05, 4.69) is 9.97 Å². The third kappa shape index (κ3) is 2.79. The lowest BCUT2D eigenvalue weighted by Gasteiger charge is -2.10. The van der Waals surface area contributed by atoms with Crippen molar-refractivity contribution in [3.8, 4) is 5.88 Å². The second-order valence-electron chi connectivity index (χ2n) is 3.82. The molecule has 0 radical (unpaired) electrons. The summed E-state index contributed by atoms with van der Waals surface area (Å²) in [5.41, 5.74) is 1.62. The van der Waals surface area contributed by atoms with Crippen molar-refractivity contribution in [2.45, 2.75) is 13.0 Å². The number of nitrogens with zero attached hydrogens (tertiary/aromatic N) is 2. The maximum absolute atomic E-state index is 11.5. The Morgan fingerprint density at radius 1 is 1.42 bits per heavy atom. The second-order valence-corrected chi connectivity index (χ2v) is 3.82. The van der Waals surface area contributed by atoms with Crippen LogP contribution in [0.15, 0.2) is 24.4 Å². The van der Waals surface area contributed by atoms with Crippen LogP contribution in [-0.4, -0.2) is 34.8 Å². The van der Waals surface area contributed by atoms with Gasteiger partial charge in [-0.25, -0.2) is 14.8 Å². The Bertz CT molecular complexity index is 600. The molecule has 0 amide bonds. The number of carbonyl (C=O) groups is 1. The number of fused-ring (bicyclic) bond motifs is 1. The molecular weight excluding hydrogens is 248 g/mol. The number of hydrogen-bond acceptors (Lipinski definition) is 6. The van der Waals surface area contributed by atoms with E-state index in [9.17, 15) is 9.90 Å². The zero-order chi connectivity index (χ0) is 13.8. The summed E-state index contributed by atoms with van der Waals surface area (Å²) in [6.45, 7) is 1.91. The molecule has 100 valence electrons. The van der Waals surface area contributed by atoms with Gasteiger partial charge in [-0.3, -0.25) is 0 Å². The highest BCUT2D eigenvalue weighted by Crippen LogP contribution is 2.20. The van der Waals surface area contributed by atoms with Gasteiger partial charge in [0.1, 0.15) is 0 Å². The lowest BCUT2D eigenvalue weighted by molar-refractivity contribution is -0.153. The molecule has 0 aliphatic heterocycles. The molecule has 2 rings (SSSR count).